The van der Waals surface area contributed by atoms with E-state index in [0.717, 1.165) is 0 Å². The number of aromatic amines is 1. The van der Waals surface area contributed by atoms with Crippen LogP contribution in [0.2, 0.25) is 0 Å². The van der Waals surface area contributed by atoms with Crippen molar-refractivity contribution in [2.24, 2.45) is 0 Å². The number of H-pyrrole nitrogens is 1. The van der Waals surface area contributed by atoms with Gasteiger partial charge in [-0.15, -0.1) is 0 Å². The number of nitrogens with one attached hydrogen (secondary N) is 1. The molecule has 2 N–H and O–H groups in total. The summed E-state index contributed by atoms with van der Waals surface area (Å²) < 4.78 is 48.5. The van der Waals surface area contributed by atoms with Crippen molar-refractivity contribution in [2.45, 2.75) is 6.18 Å². The third-order valence-electron chi connectivity index (χ3n) is 3.07. The van der Waals surface area contributed by atoms with Gasteiger partial charge < -0.3 is 19.6 Å². The fraction of sp³-hybridized carbons (Fsp3) is 0.188. The molecule has 0 spiro atoms. The predicted molar refractivity (Wildman–Crippen MR) is 84.9 cm³/mol. The summed E-state index contributed by atoms with van der Waals surface area (Å²) in [7, 11) is 1.35. The minimum Gasteiger partial charge on any atom is -0.493 e. The van der Waals surface area contributed by atoms with Crippen molar-refractivity contribution in [1.82, 2.24) is 9.97 Å². The van der Waals surface area contributed by atoms with Gasteiger partial charge in [0.25, 0.3) is 0 Å². The Morgan fingerprint density at radius 2 is 2.08 bits per heavy atom. The number of alkyl halides is 3. The number of carbonyl (C=O) groups is 1. The molecule has 138 valence electrons. The average molecular weight is 370 g/mol. The fourth-order valence-corrected chi connectivity index (χ4v) is 2.00. The quantitative estimate of drug-likeness (QED) is 0.810. The average Bonchev–Trinajstić information content (AvgIpc) is 2.56. The second-order valence-corrected chi connectivity index (χ2v) is 4.92. The first kappa shape index (κ1) is 19.0. The number of hydrogen-bond donors (Lipinski definition) is 2. The van der Waals surface area contributed by atoms with Crippen LogP contribution in [0.5, 0.6) is 11.5 Å². The van der Waals surface area contributed by atoms with Crippen molar-refractivity contribution in [3.63, 3.8) is 0 Å². The monoisotopic (exact) mass is 370 g/mol. The molecule has 0 atom stereocenters. The molecule has 0 bridgehead atoms. The largest absolute Gasteiger partial charge is 0.493 e. The summed E-state index contributed by atoms with van der Waals surface area (Å²) in [5.74, 6) is -0.880. The smallest absolute Gasteiger partial charge is 0.431 e. The number of aliphatic carboxylic acids is 1. The van der Waals surface area contributed by atoms with Gasteiger partial charge in [-0.3, -0.25) is 0 Å². The van der Waals surface area contributed by atoms with Crippen molar-refractivity contribution >= 4 is 18.1 Å². The van der Waals surface area contributed by atoms with Gasteiger partial charge in [0.1, 0.15) is 5.69 Å². The number of carboxylic acid groups (broad SMARTS) is 1. The number of methoxy groups -OCH3 is 1. The molecule has 1 heterocycles. The Balaban J connectivity index is 2.40. The minimum absolute atomic E-state index is 0.0922. The summed E-state index contributed by atoms with van der Waals surface area (Å²) in [4.78, 5) is 27.1. The van der Waals surface area contributed by atoms with Crippen molar-refractivity contribution in [3.8, 4) is 11.5 Å². The van der Waals surface area contributed by atoms with Crippen LogP contribution in [0.15, 0.2) is 29.1 Å². The lowest BCUT2D eigenvalue weighted by Crippen LogP contribution is -2.19. The van der Waals surface area contributed by atoms with Crippen LogP contribution in [-0.2, 0) is 11.0 Å². The van der Waals surface area contributed by atoms with E-state index in [1.54, 1.807) is 11.1 Å². The minimum atomic E-state index is -4.73. The van der Waals surface area contributed by atoms with Crippen molar-refractivity contribution < 1.29 is 32.5 Å². The zero-order valence-electron chi connectivity index (χ0n) is 13.3. The number of para-hydroxylation sites is 1. The molecule has 1 aromatic heterocycles. The highest BCUT2D eigenvalue weighted by Crippen LogP contribution is 2.32. The maximum atomic E-state index is 12.7. The molecule has 26 heavy (non-hydrogen) atoms. The second-order valence-electron chi connectivity index (χ2n) is 4.92. The standard InChI is InChI=1S/C16H13F3N2O5/c1-25-11-4-2-3-9(14(11)26-8-13(22)23)5-6-10-7-12(16(17,18)19)21-15(24)20-10/h2-7H,8H2,1H3,(H,22,23)(H,20,21,24). The van der Waals surface area contributed by atoms with Gasteiger partial charge in [0.2, 0.25) is 0 Å². The Labute approximate surface area is 144 Å². The first-order valence-corrected chi connectivity index (χ1v) is 7.09. The number of ether oxygens (including phenoxy) is 2. The molecule has 0 amide bonds. The third kappa shape index (κ3) is 4.85. The summed E-state index contributed by atoms with van der Waals surface area (Å²) in [5, 5.41) is 8.74. The molecule has 0 saturated heterocycles. The first-order chi connectivity index (χ1) is 12.2. The molecule has 0 fully saturated rings. The number of nitrogens with zero attached hydrogens (tertiary/aromatic N) is 1. The number of halogens is 3. The van der Waals surface area contributed by atoms with Gasteiger partial charge in [-0.1, -0.05) is 12.1 Å². The van der Waals surface area contributed by atoms with Crippen LogP contribution in [-0.4, -0.2) is 34.8 Å². The second kappa shape index (κ2) is 7.72. The van der Waals surface area contributed by atoms with Crippen LogP contribution in [0.3, 0.4) is 0 Å². The Morgan fingerprint density at radius 3 is 2.69 bits per heavy atom. The van der Waals surface area contributed by atoms with Gasteiger partial charge in [0, 0.05) is 5.56 Å². The van der Waals surface area contributed by atoms with E-state index in [4.69, 9.17) is 14.6 Å². The molecular formula is C16H13F3N2O5. The van der Waals surface area contributed by atoms with E-state index in [-0.39, 0.29) is 17.2 Å². The Hall–Kier alpha value is -3.30. The van der Waals surface area contributed by atoms with Crippen LogP contribution < -0.4 is 15.2 Å². The van der Waals surface area contributed by atoms with Gasteiger partial charge >= 0.3 is 17.8 Å². The molecule has 0 saturated carbocycles. The maximum absolute atomic E-state index is 12.7. The summed E-state index contributed by atoms with van der Waals surface area (Å²) >= 11 is 0. The van der Waals surface area contributed by atoms with E-state index in [0.29, 0.717) is 11.6 Å². The summed E-state index contributed by atoms with van der Waals surface area (Å²) in [6.45, 7) is -0.636. The lowest BCUT2D eigenvalue weighted by Gasteiger charge is -2.12. The Kier molecular flexibility index (Phi) is 5.65. The van der Waals surface area contributed by atoms with Crippen LogP contribution >= 0.6 is 0 Å². The van der Waals surface area contributed by atoms with Crippen molar-refractivity contribution in [1.29, 1.82) is 0 Å². The highest BCUT2D eigenvalue weighted by molar-refractivity contribution is 5.74. The summed E-state index contributed by atoms with van der Waals surface area (Å²) in [6, 6.07) is 5.32. The lowest BCUT2D eigenvalue weighted by atomic mass is 10.1. The lowest BCUT2D eigenvalue weighted by molar-refractivity contribution is -0.141. The molecule has 2 rings (SSSR count). The molecule has 0 aliphatic rings. The van der Waals surface area contributed by atoms with E-state index < -0.39 is 30.1 Å². The van der Waals surface area contributed by atoms with Gasteiger partial charge in [-0.2, -0.15) is 18.2 Å². The fourth-order valence-electron chi connectivity index (χ4n) is 2.00. The van der Waals surface area contributed by atoms with Crippen molar-refractivity contribution in [3.05, 3.63) is 51.7 Å². The molecular weight excluding hydrogens is 357 g/mol. The zero-order valence-corrected chi connectivity index (χ0v) is 13.3. The van der Waals surface area contributed by atoms with E-state index in [1.807, 2.05) is 0 Å². The van der Waals surface area contributed by atoms with Crippen LogP contribution in [0, 0.1) is 0 Å². The molecule has 0 aliphatic heterocycles. The molecule has 2 aromatic rings. The zero-order chi connectivity index (χ0) is 19.3. The topological polar surface area (TPSA) is 102 Å². The van der Waals surface area contributed by atoms with E-state index >= 15 is 0 Å². The normalized spacial score (nSPS) is 11.5. The van der Waals surface area contributed by atoms with Gasteiger partial charge in [-0.25, -0.2) is 9.59 Å². The highest BCUT2D eigenvalue weighted by atomic mass is 19.4. The number of benzene rings is 1. The summed E-state index contributed by atoms with van der Waals surface area (Å²) in [5.41, 5.74) is -2.27. The van der Waals surface area contributed by atoms with Gasteiger partial charge in [0.15, 0.2) is 18.1 Å². The Morgan fingerprint density at radius 1 is 1.35 bits per heavy atom. The third-order valence-corrected chi connectivity index (χ3v) is 3.07. The van der Waals surface area contributed by atoms with Crippen LogP contribution in [0.4, 0.5) is 13.2 Å². The molecule has 7 nitrogen and oxygen atoms in total. The number of aromatic nitrogens is 2. The molecule has 1 aromatic carbocycles. The SMILES string of the molecule is COc1cccc(C=Cc2cc(C(F)(F)F)[nH]c(=O)n2)c1OCC(=O)O. The first-order valence-electron chi connectivity index (χ1n) is 7.09. The number of rotatable bonds is 6. The molecule has 10 heteroatoms. The molecule has 0 radical (unpaired) electrons. The number of carboxylic acids is 1. The predicted octanol–water partition coefficient (Wildman–Crippen LogP) is 2.43. The van der Waals surface area contributed by atoms with Gasteiger partial charge in [0.05, 0.1) is 12.8 Å². The maximum Gasteiger partial charge on any atom is 0.431 e. The number of hydrogen-bond acceptors (Lipinski definition) is 5. The molecule has 0 aliphatic carbocycles. The van der Waals surface area contributed by atoms with Gasteiger partial charge in [-0.05, 0) is 24.3 Å². The Bertz CT molecular complexity index is 890. The van der Waals surface area contributed by atoms with Crippen LogP contribution in [0.25, 0.3) is 12.2 Å². The highest BCUT2D eigenvalue weighted by Gasteiger charge is 2.32. The van der Waals surface area contributed by atoms with E-state index in [1.165, 1.54) is 31.4 Å². The van der Waals surface area contributed by atoms with Crippen molar-refractivity contribution in [2.75, 3.05) is 13.7 Å². The van der Waals surface area contributed by atoms with Crippen LogP contribution in [0.1, 0.15) is 17.0 Å². The van der Waals surface area contributed by atoms with E-state index in [9.17, 15) is 22.8 Å². The van der Waals surface area contributed by atoms with E-state index in [2.05, 4.69) is 4.98 Å². The molecule has 0 unspecified atom stereocenters. The summed E-state index contributed by atoms with van der Waals surface area (Å²) in [6.07, 6.45) is -2.22.